The number of benzene rings is 2. The molecule has 0 atom stereocenters. The summed E-state index contributed by atoms with van der Waals surface area (Å²) >= 11 is 0. The van der Waals surface area contributed by atoms with E-state index in [0.29, 0.717) is 11.1 Å². The number of carbonyl (C=O) groups is 1. The van der Waals surface area contributed by atoms with Crippen LogP contribution in [-0.4, -0.2) is 5.78 Å². The van der Waals surface area contributed by atoms with Crippen molar-refractivity contribution in [2.45, 2.75) is 26.4 Å². The van der Waals surface area contributed by atoms with Crippen molar-refractivity contribution < 1.29 is 22.4 Å². The van der Waals surface area contributed by atoms with Gasteiger partial charge in [-0.2, -0.15) is 13.2 Å². The summed E-state index contributed by atoms with van der Waals surface area (Å²) in [5.74, 6) is -0.869. The maximum absolute atomic E-state index is 13.5. The lowest BCUT2D eigenvalue weighted by Crippen LogP contribution is -2.08. The second-order valence-electron chi connectivity index (χ2n) is 5.23. The molecule has 0 spiro atoms. The van der Waals surface area contributed by atoms with E-state index in [1.165, 1.54) is 32.0 Å². The molecule has 0 aliphatic heterocycles. The minimum absolute atomic E-state index is 0.126. The average Bonchev–Trinajstić information content (AvgIpc) is 2.39. The Bertz CT molecular complexity index is 717. The van der Waals surface area contributed by atoms with Crippen LogP contribution in [0, 0.1) is 12.7 Å². The summed E-state index contributed by atoms with van der Waals surface area (Å²) in [5.41, 5.74) is 0.520. The Kier molecular flexibility index (Phi) is 4.35. The predicted octanol–water partition coefficient (Wildman–Crippen LogP) is 4.95. The first kappa shape index (κ1) is 16.2. The molecule has 0 amide bonds. The highest BCUT2D eigenvalue weighted by Crippen LogP contribution is 2.32. The van der Waals surface area contributed by atoms with E-state index in [1.807, 2.05) is 0 Å². The van der Waals surface area contributed by atoms with Crippen LogP contribution >= 0.6 is 0 Å². The van der Waals surface area contributed by atoms with Gasteiger partial charge in [-0.15, -0.1) is 0 Å². The van der Waals surface area contributed by atoms with Crippen LogP contribution in [0.2, 0.25) is 0 Å². The molecule has 0 unspecified atom stereocenters. The Hall–Kier alpha value is -2.17. The van der Waals surface area contributed by atoms with Crippen molar-refractivity contribution >= 4 is 5.78 Å². The minimum Gasteiger partial charge on any atom is -0.295 e. The van der Waals surface area contributed by atoms with Crippen molar-refractivity contribution in [1.82, 2.24) is 0 Å². The lowest BCUT2D eigenvalue weighted by atomic mass is 9.98. The van der Waals surface area contributed by atoms with Gasteiger partial charge < -0.3 is 0 Å². The maximum Gasteiger partial charge on any atom is 0.416 e. The first-order chi connectivity index (χ1) is 10.2. The van der Waals surface area contributed by atoms with Gasteiger partial charge in [-0.3, -0.25) is 4.79 Å². The molecule has 0 aromatic heterocycles. The zero-order valence-electron chi connectivity index (χ0n) is 12.1. The van der Waals surface area contributed by atoms with Crippen LogP contribution in [0.25, 0.3) is 0 Å². The van der Waals surface area contributed by atoms with Crippen molar-refractivity contribution in [3.63, 3.8) is 0 Å². The van der Waals surface area contributed by atoms with E-state index in [9.17, 15) is 22.4 Å². The minimum atomic E-state index is -4.42. The van der Waals surface area contributed by atoms with Crippen molar-refractivity contribution in [2.24, 2.45) is 0 Å². The first-order valence-corrected chi connectivity index (χ1v) is 6.64. The van der Waals surface area contributed by atoms with E-state index in [4.69, 9.17) is 0 Å². The summed E-state index contributed by atoms with van der Waals surface area (Å²) in [5, 5.41) is 0. The van der Waals surface area contributed by atoms with Gasteiger partial charge in [0.25, 0.3) is 0 Å². The molecule has 1 nitrogen and oxygen atoms in total. The van der Waals surface area contributed by atoms with Gasteiger partial charge in [-0.1, -0.05) is 12.1 Å². The van der Waals surface area contributed by atoms with Crippen LogP contribution in [-0.2, 0) is 12.6 Å². The zero-order chi connectivity index (χ0) is 16.5. The van der Waals surface area contributed by atoms with E-state index in [2.05, 4.69) is 0 Å². The van der Waals surface area contributed by atoms with Crippen molar-refractivity contribution in [3.05, 3.63) is 70.0 Å². The number of halogens is 4. The number of ketones is 1. The molecule has 2 aromatic carbocycles. The molecule has 0 aliphatic rings. The van der Waals surface area contributed by atoms with Crippen LogP contribution in [0.5, 0.6) is 0 Å². The Morgan fingerprint density at radius 3 is 2.32 bits per heavy atom. The molecular weight excluding hydrogens is 296 g/mol. The summed E-state index contributed by atoms with van der Waals surface area (Å²) in [7, 11) is 0. The van der Waals surface area contributed by atoms with E-state index in [-0.39, 0.29) is 23.3 Å². The number of rotatable bonds is 3. The first-order valence-electron chi connectivity index (χ1n) is 6.64. The topological polar surface area (TPSA) is 17.1 Å². The summed E-state index contributed by atoms with van der Waals surface area (Å²) in [6.45, 7) is 2.70. The van der Waals surface area contributed by atoms with Crippen LogP contribution in [0.3, 0.4) is 0 Å². The SMILES string of the molecule is CC(=O)c1cc(F)cc(Cc2ccc(C)c(C(F)(F)F)c2)c1. The molecular formula is C17H14F4O. The van der Waals surface area contributed by atoms with Gasteiger partial charge in [0.2, 0.25) is 0 Å². The lowest BCUT2D eigenvalue weighted by molar-refractivity contribution is -0.138. The average molecular weight is 310 g/mol. The fourth-order valence-electron chi connectivity index (χ4n) is 2.28. The third kappa shape index (κ3) is 3.72. The fraction of sp³-hybridized carbons (Fsp3) is 0.235. The lowest BCUT2D eigenvalue weighted by Gasteiger charge is -2.12. The third-order valence-electron chi connectivity index (χ3n) is 3.38. The number of hydrogen-bond donors (Lipinski definition) is 0. The Morgan fingerprint density at radius 1 is 1.05 bits per heavy atom. The second kappa shape index (κ2) is 5.91. The maximum atomic E-state index is 13.5. The number of alkyl halides is 3. The molecule has 0 radical (unpaired) electrons. The number of aryl methyl sites for hydroxylation is 1. The highest BCUT2D eigenvalue weighted by atomic mass is 19.4. The molecule has 2 rings (SSSR count). The summed E-state index contributed by atoms with van der Waals surface area (Å²) in [4.78, 5) is 11.3. The normalized spacial score (nSPS) is 11.5. The monoisotopic (exact) mass is 310 g/mol. The zero-order valence-corrected chi connectivity index (χ0v) is 12.1. The second-order valence-corrected chi connectivity index (χ2v) is 5.23. The quantitative estimate of drug-likeness (QED) is 0.579. The van der Waals surface area contributed by atoms with Gasteiger partial charge >= 0.3 is 6.18 Å². The van der Waals surface area contributed by atoms with Crippen LogP contribution < -0.4 is 0 Å². The van der Waals surface area contributed by atoms with Crippen molar-refractivity contribution in [2.75, 3.05) is 0 Å². The summed E-state index contributed by atoms with van der Waals surface area (Å²) in [6, 6.07) is 7.86. The van der Waals surface area contributed by atoms with Gasteiger partial charge in [0.05, 0.1) is 5.56 Å². The molecule has 0 aliphatic carbocycles. The van der Waals surface area contributed by atoms with E-state index < -0.39 is 17.6 Å². The Labute approximate surface area is 125 Å². The summed E-state index contributed by atoms with van der Waals surface area (Å²) in [6.07, 6.45) is -4.30. The molecule has 0 bridgehead atoms. The molecule has 0 saturated heterocycles. The Balaban J connectivity index is 2.38. The molecule has 0 fully saturated rings. The van der Waals surface area contributed by atoms with E-state index >= 15 is 0 Å². The van der Waals surface area contributed by atoms with E-state index in [0.717, 1.165) is 12.1 Å². The number of carbonyl (C=O) groups excluding carboxylic acids is 1. The molecule has 5 heteroatoms. The standard InChI is InChI=1S/C17H14F4O/c1-10-3-4-12(8-16(10)17(19,20)21)5-13-6-14(11(2)22)9-15(18)7-13/h3-4,6-9H,5H2,1-2H3. The van der Waals surface area contributed by atoms with Gasteiger partial charge in [0.15, 0.2) is 5.78 Å². The van der Waals surface area contributed by atoms with E-state index in [1.54, 1.807) is 6.07 Å². The van der Waals surface area contributed by atoms with Gasteiger partial charge in [0.1, 0.15) is 5.82 Å². The van der Waals surface area contributed by atoms with Crippen LogP contribution in [0.1, 0.15) is 39.5 Å². The van der Waals surface area contributed by atoms with Gasteiger partial charge in [-0.05, 0) is 61.2 Å². The smallest absolute Gasteiger partial charge is 0.295 e. The van der Waals surface area contributed by atoms with Gasteiger partial charge in [-0.25, -0.2) is 4.39 Å². The number of hydrogen-bond acceptors (Lipinski definition) is 1. The molecule has 22 heavy (non-hydrogen) atoms. The van der Waals surface area contributed by atoms with Crippen molar-refractivity contribution in [1.29, 1.82) is 0 Å². The summed E-state index contributed by atoms with van der Waals surface area (Å²) < 4.78 is 52.2. The number of Topliss-reactive ketones (excluding diaryl/α,β-unsaturated/α-hetero) is 1. The Morgan fingerprint density at radius 2 is 1.73 bits per heavy atom. The largest absolute Gasteiger partial charge is 0.416 e. The molecule has 0 saturated carbocycles. The highest BCUT2D eigenvalue weighted by molar-refractivity contribution is 5.94. The molecule has 0 heterocycles. The predicted molar refractivity (Wildman–Crippen MR) is 75.4 cm³/mol. The van der Waals surface area contributed by atoms with Crippen LogP contribution in [0.4, 0.5) is 17.6 Å². The molecule has 0 N–H and O–H groups in total. The third-order valence-corrected chi connectivity index (χ3v) is 3.38. The molecule has 2 aromatic rings. The highest BCUT2D eigenvalue weighted by Gasteiger charge is 2.32. The molecule has 116 valence electrons. The van der Waals surface area contributed by atoms with Crippen LogP contribution in [0.15, 0.2) is 36.4 Å². The van der Waals surface area contributed by atoms with Gasteiger partial charge in [0, 0.05) is 5.56 Å². The fourth-order valence-corrected chi connectivity index (χ4v) is 2.28. The van der Waals surface area contributed by atoms with Crippen molar-refractivity contribution in [3.8, 4) is 0 Å².